The van der Waals surface area contributed by atoms with Gasteiger partial charge in [-0.1, -0.05) is 24.3 Å². The number of amides is 2. The molecule has 2 atom stereocenters. The fraction of sp³-hybridized carbons (Fsp3) is 0.333. The van der Waals surface area contributed by atoms with Crippen LogP contribution in [0.3, 0.4) is 0 Å². The molecule has 0 unspecified atom stereocenters. The van der Waals surface area contributed by atoms with E-state index in [1.54, 1.807) is 10.9 Å². The number of aromatic nitrogens is 2. The first-order valence-corrected chi connectivity index (χ1v) is 6.91. The van der Waals surface area contributed by atoms with Crippen LogP contribution in [-0.4, -0.2) is 27.0 Å². The molecule has 110 valence electrons. The van der Waals surface area contributed by atoms with Gasteiger partial charge in [0.2, 0.25) is 0 Å². The van der Waals surface area contributed by atoms with Crippen LogP contribution in [0, 0.1) is 0 Å². The van der Waals surface area contributed by atoms with Gasteiger partial charge in [0.25, 0.3) is 0 Å². The van der Waals surface area contributed by atoms with Gasteiger partial charge < -0.3 is 15.7 Å². The van der Waals surface area contributed by atoms with Crippen molar-refractivity contribution in [1.29, 1.82) is 0 Å². The highest BCUT2D eigenvalue weighted by molar-refractivity contribution is 5.74. The second kappa shape index (κ2) is 5.57. The number of urea groups is 1. The predicted octanol–water partition coefficient (Wildman–Crippen LogP) is 0.878. The largest absolute Gasteiger partial charge is 0.390 e. The number of carbonyl (C=O) groups is 1. The van der Waals surface area contributed by atoms with E-state index in [1.807, 2.05) is 37.5 Å². The van der Waals surface area contributed by atoms with Gasteiger partial charge in [-0.25, -0.2) is 4.79 Å². The molecule has 2 amide bonds. The molecule has 3 N–H and O–H groups in total. The zero-order valence-corrected chi connectivity index (χ0v) is 11.8. The fourth-order valence-corrected chi connectivity index (χ4v) is 2.69. The van der Waals surface area contributed by atoms with Gasteiger partial charge in [0, 0.05) is 31.8 Å². The monoisotopic (exact) mass is 286 g/mol. The van der Waals surface area contributed by atoms with Gasteiger partial charge >= 0.3 is 6.03 Å². The van der Waals surface area contributed by atoms with E-state index in [0.717, 1.165) is 16.7 Å². The summed E-state index contributed by atoms with van der Waals surface area (Å²) in [6.07, 6.45) is 3.55. The van der Waals surface area contributed by atoms with Crippen molar-refractivity contribution in [3.63, 3.8) is 0 Å². The van der Waals surface area contributed by atoms with E-state index in [1.165, 1.54) is 0 Å². The van der Waals surface area contributed by atoms with Crippen molar-refractivity contribution >= 4 is 6.03 Å². The fourth-order valence-electron chi connectivity index (χ4n) is 2.69. The van der Waals surface area contributed by atoms with E-state index in [0.29, 0.717) is 13.0 Å². The molecule has 0 fully saturated rings. The molecule has 1 aromatic heterocycles. The van der Waals surface area contributed by atoms with Gasteiger partial charge in [0.1, 0.15) is 0 Å². The Balaban J connectivity index is 1.60. The molecule has 0 radical (unpaired) electrons. The molecular formula is C15H18N4O2. The molecule has 1 aliphatic carbocycles. The van der Waals surface area contributed by atoms with Crippen molar-refractivity contribution in [3.05, 3.63) is 53.3 Å². The van der Waals surface area contributed by atoms with Crippen LogP contribution >= 0.6 is 0 Å². The van der Waals surface area contributed by atoms with Crippen molar-refractivity contribution in [3.8, 4) is 0 Å². The normalized spacial score (nSPS) is 20.1. The van der Waals surface area contributed by atoms with E-state index >= 15 is 0 Å². The number of benzene rings is 1. The van der Waals surface area contributed by atoms with Gasteiger partial charge in [-0.05, 0) is 11.1 Å². The molecule has 1 aromatic carbocycles. The van der Waals surface area contributed by atoms with Crippen LogP contribution in [0.15, 0.2) is 36.7 Å². The van der Waals surface area contributed by atoms with E-state index in [4.69, 9.17) is 0 Å². The Hall–Kier alpha value is -2.34. The van der Waals surface area contributed by atoms with E-state index in [2.05, 4.69) is 15.7 Å². The number of aliphatic hydroxyl groups is 1. The van der Waals surface area contributed by atoms with Crippen molar-refractivity contribution in [2.75, 3.05) is 0 Å². The highest BCUT2D eigenvalue weighted by Crippen LogP contribution is 2.30. The number of fused-ring (bicyclic) bond motifs is 1. The number of hydrogen-bond acceptors (Lipinski definition) is 3. The SMILES string of the molecule is Cn1cc(CNC(=O)N[C@H]2c3ccccc3C[C@H]2O)cn1. The lowest BCUT2D eigenvalue weighted by Crippen LogP contribution is -2.40. The van der Waals surface area contributed by atoms with Crippen molar-refractivity contribution in [2.24, 2.45) is 7.05 Å². The third-order valence-electron chi connectivity index (χ3n) is 3.70. The zero-order valence-electron chi connectivity index (χ0n) is 11.8. The molecule has 6 nitrogen and oxygen atoms in total. The lowest BCUT2D eigenvalue weighted by molar-refractivity contribution is 0.142. The first-order valence-electron chi connectivity index (χ1n) is 6.91. The summed E-state index contributed by atoms with van der Waals surface area (Å²) in [4.78, 5) is 12.0. The highest BCUT2D eigenvalue weighted by atomic mass is 16.3. The maximum atomic E-state index is 12.0. The minimum atomic E-state index is -0.577. The number of hydrogen-bond donors (Lipinski definition) is 3. The predicted molar refractivity (Wildman–Crippen MR) is 77.5 cm³/mol. The lowest BCUT2D eigenvalue weighted by atomic mass is 10.1. The lowest BCUT2D eigenvalue weighted by Gasteiger charge is -2.18. The number of rotatable bonds is 3. The van der Waals surface area contributed by atoms with E-state index < -0.39 is 6.10 Å². The minimum Gasteiger partial charge on any atom is -0.390 e. The van der Waals surface area contributed by atoms with Crippen LogP contribution in [0.5, 0.6) is 0 Å². The smallest absolute Gasteiger partial charge is 0.315 e. The molecule has 21 heavy (non-hydrogen) atoms. The molecule has 1 aliphatic rings. The Morgan fingerprint density at radius 3 is 3.05 bits per heavy atom. The van der Waals surface area contributed by atoms with Crippen LogP contribution in [-0.2, 0) is 20.0 Å². The molecule has 2 aromatic rings. The molecular weight excluding hydrogens is 268 g/mol. The molecule has 3 rings (SSSR count). The second-order valence-electron chi connectivity index (χ2n) is 5.30. The second-order valence-corrected chi connectivity index (χ2v) is 5.30. The molecule has 0 bridgehead atoms. The van der Waals surface area contributed by atoms with Gasteiger partial charge in [-0.2, -0.15) is 5.10 Å². The first kappa shape index (κ1) is 13.6. The van der Waals surface area contributed by atoms with Crippen LogP contribution in [0.4, 0.5) is 4.79 Å². The van der Waals surface area contributed by atoms with Gasteiger partial charge in [-0.3, -0.25) is 4.68 Å². The summed E-state index contributed by atoms with van der Waals surface area (Å²) in [5.74, 6) is 0. The zero-order chi connectivity index (χ0) is 14.8. The number of aryl methyl sites for hydroxylation is 1. The maximum absolute atomic E-state index is 12.0. The van der Waals surface area contributed by atoms with Crippen LogP contribution in [0.25, 0.3) is 0 Å². The third-order valence-corrected chi connectivity index (χ3v) is 3.70. The van der Waals surface area contributed by atoms with Gasteiger partial charge in [0.05, 0.1) is 18.3 Å². The van der Waals surface area contributed by atoms with Crippen molar-refractivity contribution in [1.82, 2.24) is 20.4 Å². The van der Waals surface area contributed by atoms with Gasteiger partial charge in [0.15, 0.2) is 0 Å². The Morgan fingerprint density at radius 1 is 1.48 bits per heavy atom. The molecule has 0 spiro atoms. The Bertz CT molecular complexity index is 653. The average molecular weight is 286 g/mol. The Kier molecular flexibility index (Phi) is 3.62. The molecule has 1 heterocycles. The molecule has 0 saturated carbocycles. The topological polar surface area (TPSA) is 79.2 Å². The van der Waals surface area contributed by atoms with Gasteiger partial charge in [-0.15, -0.1) is 0 Å². The Labute approximate surface area is 122 Å². The van der Waals surface area contributed by atoms with Crippen LogP contribution < -0.4 is 10.6 Å². The average Bonchev–Trinajstić information content (AvgIpc) is 3.01. The number of aliphatic hydroxyl groups excluding tert-OH is 1. The summed E-state index contributed by atoms with van der Waals surface area (Å²) < 4.78 is 1.69. The number of carbonyl (C=O) groups excluding carboxylic acids is 1. The Morgan fingerprint density at radius 2 is 2.29 bits per heavy atom. The van der Waals surface area contributed by atoms with Crippen LogP contribution in [0.1, 0.15) is 22.7 Å². The van der Waals surface area contributed by atoms with Crippen LogP contribution in [0.2, 0.25) is 0 Å². The van der Waals surface area contributed by atoms with E-state index in [-0.39, 0.29) is 12.1 Å². The summed E-state index contributed by atoms with van der Waals surface area (Å²) in [5, 5.41) is 19.7. The minimum absolute atomic E-state index is 0.292. The summed E-state index contributed by atoms with van der Waals surface area (Å²) >= 11 is 0. The molecule has 0 saturated heterocycles. The standard InChI is InChI=1S/C15H18N4O2/c1-19-9-10(8-17-19)7-16-15(21)18-14-12-5-3-2-4-11(12)6-13(14)20/h2-5,8-9,13-14,20H,6-7H2,1H3,(H2,16,18,21)/t13-,14+/m1/s1. The summed E-state index contributed by atoms with van der Waals surface area (Å²) in [7, 11) is 1.83. The third kappa shape index (κ3) is 2.90. The summed E-state index contributed by atoms with van der Waals surface area (Å²) in [5.41, 5.74) is 3.00. The quantitative estimate of drug-likeness (QED) is 0.783. The maximum Gasteiger partial charge on any atom is 0.315 e. The molecule has 6 heteroatoms. The van der Waals surface area contributed by atoms with Crippen molar-refractivity contribution < 1.29 is 9.90 Å². The number of nitrogens with zero attached hydrogens (tertiary/aromatic N) is 2. The van der Waals surface area contributed by atoms with Crippen molar-refractivity contribution in [2.45, 2.75) is 25.1 Å². The molecule has 0 aliphatic heterocycles. The summed E-state index contributed by atoms with van der Waals surface area (Å²) in [6.45, 7) is 0.407. The number of nitrogens with one attached hydrogen (secondary N) is 2. The summed E-state index contributed by atoms with van der Waals surface area (Å²) in [6, 6.07) is 7.13. The van der Waals surface area contributed by atoms with E-state index in [9.17, 15) is 9.90 Å². The highest BCUT2D eigenvalue weighted by Gasteiger charge is 2.31. The first-order chi connectivity index (χ1) is 10.1.